The lowest BCUT2D eigenvalue weighted by Gasteiger charge is -2.34. The summed E-state index contributed by atoms with van der Waals surface area (Å²) in [4.78, 5) is 26.9. The summed E-state index contributed by atoms with van der Waals surface area (Å²) in [5.74, 6) is -0.424. The third-order valence-electron chi connectivity index (χ3n) is 4.80. The Morgan fingerprint density at radius 2 is 1.82 bits per heavy atom. The Bertz CT molecular complexity index is 878. The van der Waals surface area contributed by atoms with Gasteiger partial charge in [-0.2, -0.15) is 0 Å². The van der Waals surface area contributed by atoms with Crippen LogP contribution in [0.4, 0.5) is 4.79 Å². The number of nitrogens with zero attached hydrogens (tertiary/aromatic N) is 1. The molecule has 0 unspecified atom stereocenters. The van der Waals surface area contributed by atoms with Gasteiger partial charge < -0.3 is 10.1 Å². The number of hydrogen-bond acceptors (Lipinski definition) is 3. The fourth-order valence-corrected chi connectivity index (χ4v) is 3.44. The van der Waals surface area contributed by atoms with Crippen LogP contribution in [0.25, 0.3) is 0 Å². The molecule has 0 spiro atoms. The quantitative estimate of drug-likeness (QED) is 0.729. The topological polar surface area (TPSA) is 58.6 Å². The van der Waals surface area contributed by atoms with Crippen molar-refractivity contribution in [1.82, 2.24) is 10.2 Å². The molecule has 1 aliphatic heterocycles. The number of rotatable bonds is 6. The maximum absolute atomic E-state index is 12.9. The summed E-state index contributed by atoms with van der Waals surface area (Å²) in [6.07, 6.45) is 0.633. The number of carbonyl (C=O) groups excluding carboxylic acids is 2. The van der Waals surface area contributed by atoms with Gasteiger partial charge in [0, 0.05) is 23.7 Å². The minimum atomic E-state index is -0.572. The fourth-order valence-electron chi connectivity index (χ4n) is 3.32. The average molecular weight is 399 g/mol. The van der Waals surface area contributed by atoms with Crippen LogP contribution in [0.1, 0.15) is 31.0 Å². The van der Waals surface area contributed by atoms with E-state index in [2.05, 4.69) is 5.32 Å². The molecule has 2 amide bonds. The zero-order chi connectivity index (χ0) is 20.1. The summed E-state index contributed by atoms with van der Waals surface area (Å²) in [6, 6.07) is 16.1. The highest BCUT2D eigenvalue weighted by Crippen LogP contribution is 2.31. The Morgan fingerprint density at radius 3 is 2.46 bits per heavy atom. The van der Waals surface area contributed by atoms with Gasteiger partial charge in [0.15, 0.2) is 0 Å². The number of nitrogens with one attached hydrogen (secondary N) is 1. The van der Waals surface area contributed by atoms with Gasteiger partial charge in [-0.25, -0.2) is 9.59 Å². The average Bonchev–Trinajstić information content (AvgIpc) is 2.69. The Hall–Kier alpha value is -2.79. The van der Waals surface area contributed by atoms with E-state index in [0.29, 0.717) is 29.3 Å². The van der Waals surface area contributed by atoms with Crippen molar-refractivity contribution < 1.29 is 14.3 Å². The van der Waals surface area contributed by atoms with Gasteiger partial charge in [0.1, 0.15) is 0 Å². The van der Waals surface area contributed by atoms with Crippen LogP contribution in [-0.4, -0.2) is 30.1 Å². The smallest absolute Gasteiger partial charge is 0.338 e. The zero-order valence-corrected chi connectivity index (χ0v) is 16.7. The predicted octanol–water partition coefficient (Wildman–Crippen LogP) is 4.49. The van der Waals surface area contributed by atoms with E-state index in [9.17, 15) is 9.59 Å². The van der Waals surface area contributed by atoms with E-state index >= 15 is 0 Å². The largest absolute Gasteiger partial charge is 0.462 e. The van der Waals surface area contributed by atoms with E-state index in [0.717, 1.165) is 11.1 Å². The molecule has 2 aromatic carbocycles. The van der Waals surface area contributed by atoms with E-state index < -0.39 is 12.0 Å². The number of halogens is 1. The van der Waals surface area contributed by atoms with Crippen molar-refractivity contribution in [3.05, 3.63) is 82.0 Å². The summed E-state index contributed by atoms with van der Waals surface area (Å²) in [5.41, 5.74) is 2.93. The van der Waals surface area contributed by atoms with Crippen molar-refractivity contribution in [2.75, 3.05) is 13.2 Å². The Morgan fingerprint density at radius 1 is 1.14 bits per heavy atom. The maximum Gasteiger partial charge on any atom is 0.338 e. The molecular formula is C22H23ClN2O3. The number of carbonyl (C=O) groups is 2. The van der Waals surface area contributed by atoms with Gasteiger partial charge in [-0.15, -0.1) is 0 Å². The van der Waals surface area contributed by atoms with Crippen LogP contribution in [-0.2, 0) is 16.0 Å². The molecule has 2 aromatic rings. The highest BCUT2D eigenvalue weighted by molar-refractivity contribution is 6.30. The molecule has 0 radical (unpaired) electrons. The van der Waals surface area contributed by atoms with Crippen LogP contribution in [0.2, 0.25) is 5.02 Å². The molecule has 1 atom stereocenters. The van der Waals surface area contributed by atoms with E-state index in [-0.39, 0.29) is 12.6 Å². The lowest BCUT2D eigenvalue weighted by atomic mass is 9.95. The normalized spacial score (nSPS) is 16.8. The van der Waals surface area contributed by atoms with Crippen molar-refractivity contribution >= 4 is 23.6 Å². The first-order chi connectivity index (χ1) is 13.5. The molecule has 146 valence electrons. The Labute approximate surface area is 169 Å². The standard InChI is InChI=1S/C22H23ClN2O3/c1-3-25-15(2)19(21(26)28-14-13-16-7-5-4-6-8-16)20(24-22(25)27)17-9-11-18(23)12-10-17/h4-12,20H,3,13-14H2,1-2H3,(H,24,27)/t20-/m0/s1. The second-order valence-electron chi connectivity index (χ2n) is 6.55. The number of benzene rings is 2. The third kappa shape index (κ3) is 4.37. The van der Waals surface area contributed by atoms with Crippen molar-refractivity contribution in [3.63, 3.8) is 0 Å². The van der Waals surface area contributed by atoms with Gasteiger partial charge in [0.25, 0.3) is 0 Å². The Balaban J connectivity index is 1.83. The molecule has 1 heterocycles. The van der Waals surface area contributed by atoms with Gasteiger partial charge in [-0.1, -0.05) is 54.1 Å². The first kappa shape index (κ1) is 20.0. The van der Waals surface area contributed by atoms with E-state index in [1.807, 2.05) is 37.3 Å². The monoisotopic (exact) mass is 398 g/mol. The highest BCUT2D eigenvalue weighted by atomic mass is 35.5. The molecule has 0 saturated carbocycles. The number of amides is 2. The van der Waals surface area contributed by atoms with Crippen LogP contribution < -0.4 is 5.32 Å². The fraction of sp³-hybridized carbons (Fsp3) is 0.273. The molecule has 0 aliphatic carbocycles. The van der Waals surface area contributed by atoms with Crippen molar-refractivity contribution in [2.24, 2.45) is 0 Å². The number of allylic oxidation sites excluding steroid dienone is 1. The van der Waals surface area contributed by atoms with Crippen molar-refractivity contribution in [3.8, 4) is 0 Å². The minimum absolute atomic E-state index is 0.235. The van der Waals surface area contributed by atoms with Gasteiger partial charge >= 0.3 is 12.0 Å². The number of hydrogen-bond donors (Lipinski definition) is 1. The molecule has 28 heavy (non-hydrogen) atoms. The summed E-state index contributed by atoms with van der Waals surface area (Å²) >= 11 is 5.98. The highest BCUT2D eigenvalue weighted by Gasteiger charge is 2.35. The van der Waals surface area contributed by atoms with E-state index in [1.165, 1.54) is 0 Å². The second-order valence-corrected chi connectivity index (χ2v) is 6.99. The molecule has 0 fully saturated rings. The molecule has 6 heteroatoms. The summed E-state index contributed by atoms with van der Waals surface area (Å²) < 4.78 is 5.56. The van der Waals surface area contributed by atoms with Gasteiger partial charge in [0.05, 0.1) is 18.2 Å². The lowest BCUT2D eigenvalue weighted by molar-refractivity contribution is -0.139. The van der Waals surface area contributed by atoms with Crippen LogP contribution in [0.3, 0.4) is 0 Å². The molecule has 0 aromatic heterocycles. The maximum atomic E-state index is 12.9. The first-order valence-electron chi connectivity index (χ1n) is 9.26. The second kappa shape index (κ2) is 8.93. The molecule has 3 rings (SSSR count). The van der Waals surface area contributed by atoms with E-state index in [1.54, 1.807) is 36.1 Å². The molecule has 1 N–H and O–H groups in total. The van der Waals surface area contributed by atoms with Gasteiger partial charge in [0.2, 0.25) is 0 Å². The zero-order valence-electron chi connectivity index (χ0n) is 15.9. The Kier molecular flexibility index (Phi) is 6.37. The number of urea groups is 1. The van der Waals surface area contributed by atoms with E-state index in [4.69, 9.17) is 16.3 Å². The predicted molar refractivity (Wildman–Crippen MR) is 109 cm³/mol. The summed E-state index contributed by atoms with van der Waals surface area (Å²) in [7, 11) is 0. The summed E-state index contributed by atoms with van der Waals surface area (Å²) in [5, 5.41) is 3.50. The minimum Gasteiger partial charge on any atom is -0.462 e. The third-order valence-corrected chi connectivity index (χ3v) is 5.05. The lowest BCUT2D eigenvalue weighted by Crippen LogP contribution is -2.47. The van der Waals surface area contributed by atoms with Crippen LogP contribution in [0.15, 0.2) is 65.9 Å². The molecule has 1 aliphatic rings. The van der Waals surface area contributed by atoms with Crippen LogP contribution in [0, 0.1) is 0 Å². The van der Waals surface area contributed by atoms with Crippen LogP contribution >= 0.6 is 11.6 Å². The van der Waals surface area contributed by atoms with Crippen LogP contribution in [0.5, 0.6) is 0 Å². The SMILES string of the molecule is CCN1C(=O)N[C@@H](c2ccc(Cl)cc2)C(C(=O)OCCc2ccccc2)=C1C. The van der Waals surface area contributed by atoms with Gasteiger partial charge in [-0.05, 0) is 37.1 Å². The van der Waals surface area contributed by atoms with Crippen molar-refractivity contribution in [2.45, 2.75) is 26.3 Å². The van der Waals surface area contributed by atoms with Crippen molar-refractivity contribution in [1.29, 1.82) is 0 Å². The summed E-state index contributed by atoms with van der Waals surface area (Å²) in [6.45, 7) is 4.38. The van der Waals surface area contributed by atoms with Gasteiger partial charge in [-0.3, -0.25) is 4.90 Å². The molecular weight excluding hydrogens is 376 g/mol. The number of esters is 1. The molecule has 0 bridgehead atoms. The molecule has 5 nitrogen and oxygen atoms in total. The first-order valence-corrected chi connectivity index (χ1v) is 9.64. The molecule has 0 saturated heterocycles. The number of ether oxygens (including phenoxy) is 1.